The van der Waals surface area contributed by atoms with Gasteiger partial charge >= 0.3 is 0 Å². The lowest BCUT2D eigenvalue weighted by molar-refractivity contribution is 0.0988. The summed E-state index contributed by atoms with van der Waals surface area (Å²) in [4.78, 5) is 27.0. The predicted molar refractivity (Wildman–Crippen MR) is 103 cm³/mol. The molecule has 0 unspecified atom stereocenters. The maximum Gasteiger partial charge on any atom is 0.259 e. The molecule has 0 atom stereocenters. The molecule has 0 saturated heterocycles. The Kier molecular flexibility index (Phi) is 4.17. The molecule has 1 aliphatic rings. The third-order valence-corrected chi connectivity index (χ3v) is 4.84. The van der Waals surface area contributed by atoms with Gasteiger partial charge in [0.2, 0.25) is 0 Å². The van der Waals surface area contributed by atoms with E-state index in [1.165, 1.54) is 17.2 Å². The van der Waals surface area contributed by atoms with E-state index in [-0.39, 0.29) is 11.5 Å². The number of para-hydroxylation sites is 1. The highest BCUT2D eigenvalue weighted by molar-refractivity contribution is 6.07. The fraction of sp³-hybridized carbons (Fsp3) is 0.182. The fourth-order valence-corrected chi connectivity index (χ4v) is 3.38. The number of amides is 1. The molecule has 0 radical (unpaired) electrons. The molecule has 0 saturated carbocycles. The summed E-state index contributed by atoms with van der Waals surface area (Å²) in [7, 11) is 0. The standard InChI is InChI=1S/C22H20N2O2/c1-16-6-8-17(9-7-16)14-23-15-19(10-11-21(23)25)22(26)24-13-12-18-4-2-3-5-20(18)24/h2-11,15H,12-14H2,1H3. The highest BCUT2D eigenvalue weighted by Crippen LogP contribution is 2.28. The Bertz CT molecular complexity index is 1020. The smallest absolute Gasteiger partial charge is 0.259 e. The maximum absolute atomic E-state index is 13.0. The second-order valence-electron chi connectivity index (χ2n) is 6.71. The first-order chi connectivity index (χ1) is 12.6. The third-order valence-electron chi connectivity index (χ3n) is 4.84. The van der Waals surface area contributed by atoms with Crippen molar-refractivity contribution in [3.63, 3.8) is 0 Å². The van der Waals surface area contributed by atoms with Gasteiger partial charge in [0.25, 0.3) is 11.5 Å². The van der Waals surface area contributed by atoms with E-state index >= 15 is 0 Å². The van der Waals surface area contributed by atoms with Crippen molar-refractivity contribution >= 4 is 11.6 Å². The normalized spacial score (nSPS) is 12.9. The number of nitrogens with zero attached hydrogens (tertiary/aromatic N) is 2. The summed E-state index contributed by atoms with van der Waals surface area (Å²) in [5, 5.41) is 0. The minimum atomic E-state index is -0.107. The van der Waals surface area contributed by atoms with Crippen LogP contribution in [0.25, 0.3) is 0 Å². The van der Waals surface area contributed by atoms with Crippen molar-refractivity contribution in [1.82, 2.24) is 4.57 Å². The van der Waals surface area contributed by atoms with Crippen LogP contribution in [0.1, 0.15) is 27.0 Å². The molecule has 26 heavy (non-hydrogen) atoms. The summed E-state index contributed by atoms with van der Waals surface area (Å²) < 4.78 is 1.60. The number of benzene rings is 2. The van der Waals surface area contributed by atoms with Crippen molar-refractivity contribution in [3.05, 3.63) is 99.5 Å². The van der Waals surface area contributed by atoms with E-state index in [9.17, 15) is 9.59 Å². The van der Waals surface area contributed by atoms with Gasteiger partial charge < -0.3 is 9.47 Å². The summed E-state index contributed by atoms with van der Waals surface area (Å²) in [6.45, 7) is 3.16. The van der Waals surface area contributed by atoms with Crippen LogP contribution in [0.15, 0.2) is 71.7 Å². The molecule has 2 aromatic carbocycles. The number of anilines is 1. The lowest BCUT2D eigenvalue weighted by Gasteiger charge is -2.18. The van der Waals surface area contributed by atoms with Crippen LogP contribution >= 0.6 is 0 Å². The Morgan fingerprint density at radius 2 is 1.77 bits per heavy atom. The summed E-state index contributed by atoms with van der Waals surface area (Å²) in [6, 6.07) is 19.1. The van der Waals surface area contributed by atoms with Gasteiger partial charge in [0.1, 0.15) is 0 Å². The fourth-order valence-electron chi connectivity index (χ4n) is 3.38. The van der Waals surface area contributed by atoms with Crippen molar-refractivity contribution < 1.29 is 4.79 Å². The summed E-state index contributed by atoms with van der Waals surface area (Å²) in [5.41, 5.74) is 4.80. The minimum absolute atomic E-state index is 0.0624. The van der Waals surface area contributed by atoms with Crippen LogP contribution < -0.4 is 10.5 Å². The average Bonchev–Trinajstić information content (AvgIpc) is 3.09. The molecule has 2 heterocycles. The summed E-state index contributed by atoms with van der Waals surface area (Å²) in [6.07, 6.45) is 2.54. The topological polar surface area (TPSA) is 42.3 Å². The van der Waals surface area contributed by atoms with Crippen LogP contribution in [-0.2, 0) is 13.0 Å². The Morgan fingerprint density at radius 3 is 2.58 bits per heavy atom. The van der Waals surface area contributed by atoms with Crippen LogP contribution in [-0.4, -0.2) is 17.0 Å². The Hall–Kier alpha value is -3.14. The lowest BCUT2D eigenvalue weighted by atomic mass is 10.1. The van der Waals surface area contributed by atoms with Crippen molar-refractivity contribution in [2.24, 2.45) is 0 Å². The number of fused-ring (bicyclic) bond motifs is 1. The SMILES string of the molecule is Cc1ccc(Cn2cc(C(=O)N3CCc4ccccc43)ccc2=O)cc1. The van der Waals surface area contributed by atoms with Crippen LogP contribution in [0.2, 0.25) is 0 Å². The van der Waals surface area contributed by atoms with Gasteiger partial charge in [0.05, 0.1) is 12.1 Å². The monoisotopic (exact) mass is 344 g/mol. The van der Waals surface area contributed by atoms with Crippen LogP contribution in [0.4, 0.5) is 5.69 Å². The number of rotatable bonds is 3. The zero-order valence-electron chi connectivity index (χ0n) is 14.7. The van der Waals surface area contributed by atoms with Gasteiger partial charge in [-0.25, -0.2) is 0 Å². The molecule has 4 heteroatoms. The molecule has 1 aromatic heterocycles. The van der Waals surface area contributed by atoms with Crippen LogP contribution in [0, 0.1) is 6.92 Å². The molecule has 3 aromatic rings. The molecular weight excluding hydrogens is 324 g/mol. The zero-order valence-corrected chi connectivity index (χ0v) is 14.7. The predicted octanol–water partition coefficient (Wildman–Crippen LogP) is 3.41. The van der Waals surface area contributed by atoms with E-state index in [4.69, 9.17) is 0 Å². The maximum atomic E-state index is 13.0. The second-order valence-corrected chi connectivity index (χ2v) is 6.71. The lowest BCUT2D eigenvalue weighted by Crippen LogP contribution is -2.30. The summed E-state index contributed by atoms with van der Waals surface area (Å²) >= 11 is 0. The van der Waals surface area contributed by atoms with Crippen molar-refractivity contribution in [1.29, 1.82) is 0 Å². The number of pyridine rings is 1. The van der Waals surface area contributed by atoms with Crippen LogP contribution in [0.3, 0.4) is 0 Å². The van der Waals surface area contributed by atoms with Crippen molar-refractivity contribution in [2.75, 3.05) is 11.4 Å². The molecule has 1 aliphatic heterocycles. The van der Waals surface area contributed by atoms with Gasteiger partial charge in [0, 0.05) is 24.5 Å². The zero-order chi connectivity index (χ0) is 18.1. The van der Waals surface area contributed by atoms with E-state index in [1.54, 1.807) is 21.7 Å². The molecule has 0 bridgehead atoms. The van der Waals surface area contributed by atoms with E-state index in [0.717, 1.165) is 17.7 Å². The number of carbonyl (C=O) groups is 1. The third kappa shape index (κ3) is 3.06. The van der Waals surface area contributed by atoms with E-state index < -0.39 is 0 Å². The molecule has 0 fully saturated rings. The quantitative estimate of drug-likeness (QED) is 0.731. The van der Waals surface area contributed by atoms with Gasteiger partial charge in [-0.3, -0.25) is 9.59 Å². The van der Waals surface area contributed by atoms with Gasteiger partial charge in [-0.1, -0.05) is 48.0 Å². The number of hydrogen-bond acceptors (Lipinski definition) is 2. The van der Waals surface area contributed by atoms with Crippen LogP contribution in [0.5, 0.6) is 0 Å². The Labute approximate surface area is 152 Å². The Balaban J connectivity index is 1.63. The van der Waals surface area contributed by atoms with Gasteiger partial charge in [-0.05, 0) is 36.6 Å². The molecule has 0 N–H and O–H groups in total. The Morgan fingerprint density at radius 1 is 1.00 bits per heavy atom. The number of hydrogen-bond donors (Lipinski definition) is 0. The van der Waals surface area contributed by atoms with E-state index in [1.807, 2.05) is 49.4 Å². The molecule has 0 spiro atoms. The number of aromatic nitrogens is 1. The molecule has 130 valence electrons. The molecule has 0 aliphatic carbocycles. The highest BCUT2D eigenvalue weighted by Gasteiger charge is 2.25. The highest BCUT2D eigenvalue weighted by atomic mass is 16.2. The molecule has 4 rings (SSSR count). The average molecular weight is 344 g/mol. The molecule has 4 nitrogen and oxygen atoms in total. The van der Waals surface area contributed by atoms with Gasteiger partial charge in [0.15, 0.2) is 0 Å². The largest absolute Gasteiger partial charge is 0.310 e. The minimum Gasteiger partial charge on any atom is -0.310 e. The molecule has 1 amide bonds. The first-order valence-corrected chi connectivity index (χ1v) is 8.77. The van der Waals surface area contributed by atoms with Crippen molar-refractivity contribution in [2.45, 2.75) is 19.9 Å². The van der Waals surface area contributed by atoms with Gasteiger partial charge in [-0.2, -0.15) is 0 Å². The number of carbonyl (C=O) groups excluding carboxylic acids is 1. The summed E-state index contributed by atoms with van der Waals surface area (Å²) in [5.74, 6) is -0.0624. The number of aryl methyl sites for hydroxylation is 1. The van der Waals surface area contributed by atoms with E-state index in [2.05, 4.69) is 6.07 Å². The van der Waals surface area contributed by atoms with Gasteiger partial charge in [-0.15, -0.1) is 0 Å². The first kappa shape index (κ1) is 16.3. The first-order valence-electron chi connectivity index (χ1n) is 8.77. The van der Waals surface area contributed by atoms with Crippen molar-refractivity contribution in [3.8, 4) is 0 Å². The van der Waals surface area contributed by atoms with E-state index in [0.29, 0.717) is 18.7 Å². The molecular formula is C22H20N2O2. The second kappa shape index (κ2) is 6.64.